The number of aromatic nitrogens is 2. The van der Waals surface area contributed by atoms with Crippen molar-refractivity contribution >= 4 is 21.6 Å². The Balaban J connectivity index is 2.42. The van der Waals surface area contributed by atoms with Crippen LogP contribution in [0.4, 0.5) is 0 Å². The van der Waals surface area contributed by atoms with E-state index in [-0.39, 0.29) is 0 Å². The molecule has 0 saturated carbocycles. The molecular formula is C17H19N2S+. The molecule has 0 radical (unpaired) electrons. The summed E-state index contributed by atoms with van der Waals surface area (Å²) in [7, 11) is 2.10. The molecule has 0 atom stereocenters. The van der Waals surface area contributed by atoms with Crippen LogP contribution in [0.3, 0.4) is 0 Å². The van der Waals surface area contributed by atoms with Crippen LogP contribution in [0.2, 0.25) is 0 Å². The maximum Gasteiger partial charge on any atom is 0.239 e. The molecule has 0 fully saturated rings. The van der Waals surface area contributed by atoms with Gasteiger partial charge in [-0.2, -0.15) is 4.57 Å². The Morgan fingerprint density at radius 3 is 2.60 bits per heavy atom. The van der Waals surface area contributed by atoms with Crippen LogP contribution in [0.1, 0.15) is 21.7 Å². The molecule has 2 aromatic heterocycles. The van der Waals surface area contributed by atoms with E-state index < -0.39 is 0 Å². The van der Waals surface area contributed by atoms with Gasteiger partial charge in [-0.05, 0) is 44.9 Å². The zero-order chi connectivity index (χ0) is 14.4. The van der Waals surface area contributed by atoms with Crippen molar-refractivity contribution in [2.24, 2.45) is 7.05 Å². The van der Waals surface area contributed by atoms with Crippen molar-refractivity contribution in [3.05, 3.63) is 46.1 Å². The van der Waals surface area contributed by atoms with Gasteiger partial charge in [0.25, 0.3) is 0 Å². The van der Waals surface area contributed by atoms with Crippen molar-refractivity contribution in [3.63, 3.8) is 0 Å². The van der Waals surface area contributed by atoms with Crippen molar-refractivity contribution in [1.82, 2.24) is 4.98 Å². The highest BCUT2D eigenvalue weighted by molar-refractivity contribution is 7.18. The summed E-state index contributed by atoms with van der Waals surface area (Å²) in [5.41, 5.74) is 7.60. The van der Waals surface area contributed by atoms with Crippen LogP contribution in [-0.4, -0.2) is 4.98 Å². The van der Waals surface area contributed by atoms with Crippen LogP contribution in [0, 0.1) is 27.7 Å². The van der Waals surface area contributed by atoms with Crippen LogP contribution >= 0.6 is 11.3 Å². The lowest BCUT2D eigenvalue weighted by Crippen LogP contribution is -2.30. The molecule has 3 heteroatoms. The Bertz CT molecular complexity index is 815. The minimum atomic E-state index is 1.12. The molecular weight excluding hydrogens is 264 g/mol. The van der Waals surface area contributed by atoms with Crippen molar-refractivity contribution in [2.75, 3.05) is 0 Å². The third kappa shape index (κ3) is 2.02. The van der Waals surface area contributed by atoms with Crippen LogP contribution in [0.15, 0.2) is 24.4 Å². The van der Waals surface area contributed by atoms with E-state index in [9.17, 15) is 0 Å². The minimum Gasteiger partial charge on any atom is -0.234 e. The van der Waals surface area contributed by atoms with Gasteiger partial charge in [0.2, 0.25) is 5.69 Å². The molecule has 1 aromatic carbocycles. The highest BCUT2D eigenvalue weighted by atomic mass is 32.1. The van der Waals surface area contributed by atoms with Gasteiger partial charge in [0, 0.05) is 6.07 Å². The first-order valence-corrected chi connectivity index (χ1v) is 7.63. The van der Waals surface area contributed by atoms with Gasteiger partial charge in [0.05, 0.1) is 15.3 Å². The quantitative estimate of drug-likeness (QED) is 0.616. The number of nitrogens with zero attached hydrogens (tertiary/aromatic N) is 2. The lowest BCUT2D eigenvalue weighted by molar-refractivity contribution is -0.659. The summed E-state index contributed by atoms with van der Waals surface area (Å²) in [4.78, 5) is 4.75. The van der Waals surface area contributed by atoms with Crippen LogP contribution in [0.5, 0.6) is 0 Å². The highest BCUT2D eigenvalue weighted by Gasteiger charge is 2.20. The van der Waals surface area contributed by atoms with Gasteiger partial charge in [0.15, 0.2) is 11.7 Å². The lowest BCUT2D eigenvalue weighted by Gasteiger charge is -2.09. The summed E-state index contributed by atoms with van der Waals surface area (Å²) < 4.78 is 3.44. The molecule has 20 heavy (non-hydrogen) atoms. The zero-order valence-electron chi connectivity index (χ0n) is 12.6. The molecule has 0 unspecified atom stereocenters. The predicted molar refractivity (Wildman–Crippen MR) is 85.2 cm³/mol. The average molecular weight is 283 g/mol. The molecule has 3 rings (SSSR count). The number of benzene rings is 1. The fourth-order valence-electron chi connectivity index (χ4n) is 2.75. The third-order valence-electron chi connectivity index (χ3n) is 3.85. The number of aryl methyl sites for hydroxylation is 4. The molecule has 0 N–H and O–H groups in total. The van der Waals surface area contributed by atoms with Gasteiger partial charge in [0.1, 0.15) is 7.05 Å². The second-order valence-corrected chi connectivity index (χ2v) is 6.71. The van der Waals surface area contributed by atoms with Gasteiger partial charge in [-0.25, -0.2) is 4.98 Å². The van der Waals surface area contributed by atoms with Gasteiger partial charge >= 0.3 is 0 Å². The second-order valence-electron chi connectivity index (χ2n) is 5.48. The molecule has 0 aliphatic heterocycles. The Labute approximate surface area is 123 Å². The summed E-state index contributed by atoms with van der Waals surface area (Å²) in [6.45, 7) is 8.60. The van der Waals surface area contributed by atoms with E-state index in [0.29, 0.717) is 0 Å². The third-order valence-corrected chi connectivity index (χ3v) is 4.79. The Hall–Kier alpha value is -1.74. The fraction of sp³-hybridized carbons (Fsp3) is 0.294. The summed E-state index contributed by atoms with van der Waals surface area (Å²) in [5.74, 6) is 0. The maximum absolute atomic E-state index is 4.75. The molecule has 0 saturated heterocycles. The largest absolute Gasteiger partial charge is 0.239 e. The van der Waals surface area contributed by atoms with Crippen LogP contribution in [-0.2, 0) is 7.05 Å². The molecule has 0 aliphatic carbocycles. The summed E-state index contributed by atoms with van der Waals surface area (Å²) in [5, 5.41) is 1.12. The molecule has 3 aromatic rings. The second kappa shape index (κ2) is 4.67. The first kappa shape index (κ1) is 13.3. The van der Waals surface area contributed by atoms with Gasteiger partial charge in [-0.1, -0.05) is 11.6 Å². The molecule has 0 bridgehead atoms. The lowest BCUT2D eigenvalue weighted by atomic mass is 9.97. The first-order chi connectivity index (χ1) is 9.47. The van der Waals surface area contributed by atoms with Crippen molar-refractivity contribution < 1.29 is 4.57 Å². The smallest absolute Gasteiger partial charge is 0.234 e. The van der Waals surface area contributed by atoms with E-state index >= 15 is 0 Å². The normalized spacial score (nSPS) is 11.2. The molecule has 0 spiro atoms. The number of hydrogen-bond donors (Lipinski definition) is 0. The van der Waals surface area contributed by atoms with Crippen molar-refractivity contribution in [3.8, 4) is 11.3 Å². The molecule has 0 aliphatic rings. The van der Waals surface area contributed by atoms with E-state index in [1.165, 1.54) is 32.6 Å². The van der Waals surface area contributed by atoms with Gasteiger partial charge < -0.3 is 0 Å². The van der Waals surface area contributed by atoms with E-state index in [0.717, 1.165) is 10.5 Å². The first-order valence-electron chi connectivity index (χ1n) is 6.81. The molecule has 102 valence electrons. The number of rotatable bonds is 1. The van der Waals surface area contributed by atoms with E-state index in [2.05, 4.69) is 63.7 Å². The Morgan fingerprint density at radius 1 is 1.10 bits per heavy atom. The molecule has 0 amide bonds. The van der Waals surface area contributed by atoms with Gasteiger partial charge in [-0.3, -0.25) is 0 Å². The minimum absolute atomic E-state index is 1.12. The van der Waals surface area contributed by atoms with Crippen LogP contribution < -0.4 is 4.57 Å². The summed E-state index contributed by atoms with van der Waals surface area (Å²) in [6.07, 6.45) is 2.13. The van der Waals surface area contributed by atoms with Crippen molar-refractivity contribution in [2.45, 2.75) is 27.7 Å². The maximum atomic E-state index is 4.75. The fourth-order valence-corrected chi connectivity index (χ4v) is 3.57. The number of thiazole rings is 1. The van der Waals surface area contributed by atoms with E-state index in [1.54, 1.807) is 11.3 Å². The summed E-state index contributed by atoms with van der Waals surface area (Å²) >= 11 is 1.76. The standard InChI is InChI=1S/C17H19N2S/c1-10-8-11(2)12(3)14(9-10)17-16-15(6-7-19(17)5)20-13(4)18-16/h6-9H,1-5H3/q+1. The number of pyridine rings is 1. The highest BCUT2D eigenvalue weighted by Crippen LogP contribution is 2.32. The number of fused-ring (bicyclic) bond motifs is 1. The van der Waals surface area contributed by atoms with Crippen LogP contribution in [0.25, 0.3) is 21.5 Å². The molecule has 2 nitrogen and oxygen atoms in total. The Morgan fingerprint density at radius 2 is 1.85 bits per heavy atom. The Kier molecular flexibility index (Phi) is 3.09. The predicted octanol–water partition coefficient (Wildman–Crippen LogP) is 4.02. The summed E-state index contributed by atoms with van der Waals surface area (Å²) in [6, 6.07) is 6.67. The van der Waals surface area contributed by atoms with E-state index in [1.807, 2.05) is 0 Å². The zero-order valence-corrected chi connectivity index (χ0v) is 13.4. The van der Waals surface area contributed by atoms with E-state index in [4.69, 9.17) is 4.98 Å². The average Bonchev–Trinajstić information content (AvgIpc) is 2.74. The topological polar surface area (TPSA) is 16.8 Å². The SMILES string of the molecule is Cc1cc(C)c(C)c(-c2c3nc(C)sc3cc[n+]2C)c1. The monoisotopic (exact) mass is 283 g/mol. The van der Waals surface area contributed by atoms with Gasteiger partial charge in [-0.15, -0.1) is 11.3 Å². The van der Waals surface area contributed by atoms with Crippen molar-refractivity contribution in [1.29, 1.82) is 0 Å². The molecule has 2 heterocycles. The number of hydrogen-bond acceptors (Lipinski definition) is 2.